The summed E-state index contributed by atoms with van der Waals surface area (Å²) in [5.74, 6) is 0.0542. The predicted molar refractivity (Wildman–Crippen MR) is 72.0 cm³/mol. The van der Waals surface area contributed by atoms with Gasteiger partial charge in [-0.05, 0) is 32.0 Å². The Labute approximate surface area is 111 Å². The Bertz CT molecular complexity index is 598. The van der Waals surface area contributed by atoms with Gasteiger partial charge in [0.25, 0.3) is 5.91 Å². The Balaban J connectivity index is 1.86. The zero-order valence-corrected chi connectivity index (χ0v) is 11.1. The van der Waals surface area contributed by atoms with Crippen LogP contribution in [0.25, 0.3) is 11.0 Å². The van der Waals surface area contributed by atoms with Gasteiger partial charge in [0.15, 0.2) is 0 Å². The molecule has 1 fully saturated rings. The zero-order chi connectivity index (χ0) is 13.4. The lowest BCUT2D eigenvalue weighted by Crippen LogP contribution is -2.48. The number of carbonyl (C=O) groups excluding carboxylic acids is 1. The van der Waals surface area contributed by atoms with Gasteiger partial charge in [-0.2, -0.15) is 0 Å². The maximum absolute atomic E-state index is 12.5. The monoisotopic (exact) mass is 259 g/mol. The highest BCUT2D eigenvalue weighted by atomic mass is 16.5. The number of carbonyl (C=O) groups is 1. The van der Waals surface area contributed by atoms with E-state index in [1.165, 1.54) is 0 Å². The first kappa shape index (κ1) is 12.2. The molecule has 1 aliphatic heterocycles. The number of ether oxygens (including phenoxy) is 1. The highest BCUT2D eigenvalue weighted by Crippen LogP contribution is 2.17. The van der Waals surface area contributed by atoms with Crippen LogP contribution >= 0.6 is 0 Å². The van der Waals surface area contributed by atoms with E-state index in [9.17, 15) is 4.79 Å². The fourth-order valence-corrected chi connectivity index (χ4v) is 2.59. The third-order valence-corrected chi connectivity index (χ3v) is 3.37. The first-order chi connectivity index (χ1) is 9.13. The van der Waals surface area contributed by atoms with Crippen molar-refractivity contribution in [2.24, 2.45) is 0 Å². The highest BCUT2D eigenvalue weighted by Gasteiger charge is 2.26. The normalized spacial score (nSPS) is 23.8. The van der Waals surface area contributed by atoms with Crippen molar-refractivity contribution in [2.45, 2.75) is 26.1 Å². The zero-order valence-electron chi connectivity index (χ0n) is 11.1. The number of aromatic nitrogens is 2. The average Bonchev–Trinajstić information content (AvgIpc) is 2.83. The van der Waals surface area contributed by atoms with E-state index in [2.05, 4.69) is 9.97 Å². The minimum Gasteiger partial charge on any atom is -0.372 e. The third-order valence-electron chi connectivity index (χ3n) is 3.37. The number of hydrogen-bond donors (Lipinski definition) is 1. The largest absolute Gasteiger partial charge is 0.372 e. The second-order valence-corrected chi connectivity index (χ2v) is 5.10. The van der Waals surface area contributed by atoms with Crippen LogP contribution in [-0.2, 0) is 4.74 Å². The van der Waals surface area contributed by atoms with Gasteiger partial charge < -0.3 is 14.6 Å². The summed E-state index contributed by atoms with van der Waals surface area (Å²) in [7, 11) is 0. The molecule has 0 aliphatic carbocycles. The van der Waals surface area contributed by atoms with Crippen molar-refractivity contribution in [3.8, 4) is 0 Å². The SMILES string of the molecule is CC1CN(C(=O)c2ccc3nc[nH]c3c2)CC(C)O1. The summed E-state index contributed by atoms with van der Waals surface area (Å²) in [5.41, 5.74) is 2.46. The molecule has 1 saturated heterocycles. The number of benzene rings is 1. The lowest BCUT2D eigenvalue weighted by Gasteiger charge is -2.35. The summed E-state index contributed by atoms with van der Waals surface area (Å²) in [6.07, 6.45) is 1.81. The number of imidazole rings is 1. The molecule has 0 saturated carbocycles. The summed E-state index contributed by atoms with van der Waals surface area (Å²) in [6.45, 7) is 5.27. The second-order valence-electron chi connectivity index (χ2n) is 5.10. The first-order valence-electron chi connectivity index (χ1n) is 6.51. The molecule has 1 aromatic carbocycles. The van der Waals surface area contributed by atoms with Crippen LogP contribution in [0.15, 0.2) is 24.5 Å². The van der Waals surface area contributed by atoms with Gasteiger partial charge in [-0.1, -0.05) is 0 Å². The molecule has 0 radical (unpaired) electrons. The summed E-state index contributed by atoms with van der Waals surface area (Å²) in [4.78, 5) is 21.5. The summed E-state index contributed by atoms with van der Waals surface area (Å²) < 4.78 is 5.65. The molecule has 0 spiro atoms. The smallest absolute Gasteiger partial charge is 0.254 e. The maximum Gasteiger partial charge on any atom is 0.254 e. The summed E-state index contributed by atoms with van der Waals surface area (Å²) >= 11 is 0. The number of nitrogens with one attached hydrogen (secondary N) is 1. The van der Waals surface area contributed by atoms with Crippen molar-refractivity contribution in [1.82, 2.24) is 14.9 Å². The van der Waals surface area contributed by atoms with Crippen LogP contribution in [0.2, 0.25) is 0 Å². The van der Waals surface area contributed by atoms with Crippen molar-refractivity contribution in [3.05, 3.63) is 30.1 Å². The number of H-pyrrole nitrogens is 1. The van der Waals surface area contributed by atoms with E-state index in [1.807, 2.05) is 36.9 Å². The Morgan fingerprint density at radius 3 is 2.84 bits per heavy atom. The first-order valence-corrected chi connectivity index (χ1v) is 6.51. The number of fused-ring (bicyclic) bond motifs is 1. The van der Waals surface area contributed by atoms with Crippen LogP contribution in [0.4, 0.5) is 0 Å². The van der Waals surface area contributed by atoms with Crippen molar-refractivity contribution in [2.75, 3.05) is 13.1 Å². The maximum atomic E-state index is 12.5. The molecule has 19 heavy (non-hydrogen) atoms. The molecule has 1 aromatic heterocycles. The predicted octanol–water partition coefficient (Wildman–Crippen LogP) is 1.81. The van der Waals surface area contributed by atoms with Crippen LogP contribution in [0.3, 0.4) is 0 Å². The van der Waals surface area contributed by atoms with E-state index >= 15 is 0 Å². The van der Waals surface area contributed by atoms with E-state index in [0.29, 0.717) is 18.7 Å². The van der Waals surface area contributed by atoms with Gasteiger partial charge in [0.05, 0.1) is 29.6 Å². The molecule has 2 aromatic rings. The van der Waals surface area contributed by atoms with Gasteiger partial charge in [0, 0.05) is 18.7 Å². The Morgan fingerprint density at radius 2 is 2.11 bits per heavy atom. The number of aromatic amines is 1. The van der Waals surface area contributed by atoms with Gasteiger partial charge in [-0.25, -0.2) is 4.98 Å². The number of nitrogens with zero attached hydrogens (tertiary/aromatic N) is 2. The lowest BCUT2D eigenvalue weighted by molar-refractivity contribution is -0.0586. The van der Waals surface area contributed by atoms with Crippen LogP contribution in [0.1, 0.15) is 24.2 Å². The number of rotatable bonds is 1. The number of morpholine rings is 1. The second kappa shape index (κ2) is 4.66. The third kappa shape index (κ3) is 2.33. The van der Waals surface area contributed by atoms with Crippen molar-refractivity contribution in [3.63, 3.8) is 0 Å². The molecule has 100 valence electrons. The molecule has 2 atom stereocenters. The van der Waals surface area contributed by atoms with Crippen LogP contribution in [-0.4, -0.2) is 46.1 Å². The van der Waals surface area contributed by atoms with Gasteiger partial charge in [-0.15, -0.1) is 0 Å². The topological polar surface area (TPSA) is 58.2 Å². The molecule has 2 unspecified atom stereocenters. The lowest BCUT2D eigenvalue weighted by atomic mass is 10.1. The van der Waals surface area contributed by atoms with Crippen molar-refractivity contribution >= 4 is 16.9 Å². The molecule has 5 heteroatoms. The molecule has 1 aliphatic rings. The van der Waals surface area contributed by atoms with E-state index in [1.54, 1.807) is 6.33 Å². The van der Waals surface area contributed by atoms with Gasteiger partial charge >= 0.3 is 0 Å². The average molecular weight is 259 g/mol. The number of amides is 1. The van der Waals surface area contributed by atoms with Crippen molar-refractivity contribution < 1.29 is 9.53 Å². The fourth-order valence-electron chi connectivity index (χ4n) is 2.59. The summed E-state index contributed by atoms with van der Waals surface area (Å²) in [5, 5.41) is 0. The molecule has 0 bridgehead atoms. The van der Waals surface area contributed by atoms with E-state index < -0.39 is 0 Å². The van der Waals surface area contributed by atoms with Gasteiger partial charge in [0.1, 0.15) is 0 Å². The quantitative estimate of drug-likeness (QED) is 0.849. The Kier molecular flexibility index (Phi) is 2.98. The summed E-state index contributed by atoms with van der Waals surface area (Å²) in [6, 6.07) is 5.55. The van der Waals surface area contributed by atoms with Gasteiger partial charge in [-0.3, -0.25) is 4.79 Å². The molecular formula is C14H17N3O2. The fraction of sp³-hybridized carbons (Fsp3) is 0.429. The Hall–Kier alpha value is -1.88. The molecular weight excluding hydrogens is 242 g/mol. The van der Waals surface area contributed by atoms with E-state index in [4.69, 9.17) is 4.74 Å². The van der Waals surface area contributed by atoms with Crippen LogP contribution < -0.4 is 0 Å². The minimum absolute atomic E-state index is 0.0542. The minimum atomic E-state index is 0.0542. The van der Waals surface area contributed by atoms with E-state index in [-0.39, 0.29) is 18.1 Å². The van der Waals surface area contributed by atoms with Crippen LogP contribution in [0, 0.1) is 0 Å². The molecule has 1 amide bonds. The van der Waals surface area contributed by atoms with Crippen molar-refractivity contribution in [1.29, 1.82) is 0 Å². The number of hydrogen-bond acceptors (Lipinski definition) is 3. The Morgan fingerprint density at radius 1 is 1.37 bits per heavy atom. The standard InChI is InChI=1S/C14H17N3O2/c1-9-6-17(7-10(2)19-9)14(18)11-3-4-12-13(5-11)16-8-15-12/h3-5,8-10H,6-7H2,1-2H3,(H,15,16). The molecule has 2 heterocycles. The molecule has 5 nitrogen and oxygen atoms in total. The molecule has 1 N–H and O–H groups in total. The van der Waals surface area contributed by atoms with Gasteiger partial charge in [0.2, 0.25) is 0 Å². The van der Waals surface area contributed by atoms with E-state index in [0.717, 1.165) is 11.0 Å². The highest BCUT2D eigenvalue weighted by molar-refractivity contribution is 5.97. The van der Waals surface area contributed by atoms with Crippen LogP contribution in [0.5, 0.6) is 0 Å². The molecule has 3 rings (SSSR count).